The molecule has 0 bridgehead atoms. The molecule has 2 heterocycles. The molecule has 0 amide bonds. The van der Waals surface area contributed by atoms with Gasteiger partial charge < -0.3 is 14.8 Å². The molecule has 3 aromatic carbocycles. The predicted octanol–water partition coefficient (Wildman–Crippen LogP) is 2.98. The van der Waals surface area contributed by atoms with Crippen LogP contribution in [0.3, 0.4) is 0 Å². The number of nitrogens with one attached hydrogen (secondary N) is 3. The average Bonchev–Trinajstić information content (AvgIpc) is 3.25. The Hall–Kier alpha value is -2.88. The highest BCUT2D eigenvalue weighted by molar-refractivity contribution is 5.82. The molecule has 3 nitrogen and oxygen atoms in total. The van der Waals surface area contributed by atoms with Crippen molar-refractivity contribution in [2.45, 2.75) is 25.8 Å². The third-order valence-corrected chi connectivity index (χ3v) is 7.20. The number of hydrogen-bond acceptors (Lipinski definition) is 0. The summed E-state index contributed by atoms with van der Waals surface area (Å²) in [5, 5.41) is 1.39. The fraction of sp³-hybridized carbons (Fsp3) is 0.310. The summed E-state index contributed by atoms with van der Waals surface area (Å²) in [5.41, 5.74) is 6.94. The number of rotatable bonds is 7. The van der Waals surface area contributed by atoms with Gasteiger partial charge in [0.1, 0.15) is 32.2 Å². The van der Waals surface area contributed by atoms with E-state index < -0.39 is 0 Å². The first-order valence-corrected chi connectivity index (χ1v) is 12.1. The van der Waals surface area contributed by atoms with E-state index >= 15 is 0 Å². The minimum absolute atomic E-state index is 0.435. The van der Waals surface area contributed by atoms with Gasteiger partial charge in [-0.1, -0.05) is 78.4 Å². The Bertz CT molecular complexity index is 1120. The maximum absolute atomic E-state index is 3.42. The number of para-hydroxylation sites is 1. The summed E-state index contributed by atoms with van der Waals surface area (Å²) in [6.45, 7) is 8.43. The molecule has 0 radical (unpaired) electrons. The van der Waals surface area contributed by atoms with Crippen LogP contribution in [0.25, 0.3) is 10.9 Å². The van der Waals surface area contributed by atoms with Crippen molar-refractivity contribution < 1.29 is 9.80 Å². The zero-order valence-corrected chi connectivity index (χ0v) is 19.1. The van der Waals surface area contributed by atoms with Crippen molar-refractivity contribution in [3.63, 3.8) is 0 Å². The minimum atomic E-state index is 0.435. The van der Waals surface area contributed by atoms with Crippen LogP contribution >= 0.6 is 0 Å². The first kappa shape index (κ1) is 21.0. The SMILES string of the molecule is Cc1ccc([C@@H](c2ccccc2)[NH+]2CC[NH+](CCCc3c[nH]c4ccccc34)CC2)cc1. The summed E-state index contributed by atoms with van der Waals surface area (Å²) in [4.78, 5) is 6.90. The largest absolute Gasteiger partial charge is 0.361 e. The molecule has 3 heteroatoms. The van der Waals surface area contributed by atoms with E-state index in [0.717, 1.165) is 0 Å². The lowest BCUT2D eigenvalue weighted by molar-refractivity contribution is -1.02. The van der Waals surface area contributed by atoms with Gasteiger partial charge in [0, 0.05) is 34.6 Å². The molecule has 1 saturated heterocycles. The number of piperazine rings is 1. The van der Waals surface area contributed by atoms with Crippen molar-refractivity contribution in [3.05, 3.63) is 107 Å². The third kappa shape index (κ3) is 4.64. The van der Waals surface area contributed by atoms with Gasteiger partial charge in [-0.05, 0) is 25.0 Å². The van der Waals surface area contributed by atoms with Crippen LogP contribution in [0.4, 0.5) is 0 Å². The van der Waals surface area contributed by atoms with Gasteiger partial charge in [-0.2, -0.15) is 0 Å². The van der Waals surface area contributed by atoms with E-state index in [-0.39, 0.29) is 0 Å². The second kappa shape index (κ2) is 9.72. The molecule has 1 fully saturated rings. The topological polar surface area (TPSA) is 24.7 Å². The van der Waals surface area contributed by atoms with Crippen molar-refractivity contribution >= 4 is 10.9 Å². The lowest BCUT2D eigenvalue weighted by atomic mass is 9.95. The van der Waals surface area contributed by atoms with E-state index in [9.17, 15) is 0 Å². The van der Waals surface area contributed by atoms with Crippen molar-refractivity contribution in [2.75, 3.05) is 32.7 Å². The van der Waals surface area contributed by atoms with Gasteiger partial charge in [0.15, 0.2) is 0 Å². The number of fused-ring (bicyclic) bond motifs is 1. The van der Waals surface area contributed by atoms with Crippen LogP contribution in [0, 0.1) is 6.92 Å². The molecule has 0 aliphatic carbocycles. The van der Waals surface area contributed by atoms with Crippen molar-refractivity contribution in [1.29, 1.82) is 0 Å². The number of H-pyrrole nitrogens is 1. The summed E-state index contributed by atoms with van der Waals surface area (Å²) >= 11 is 0. The predicted molar refractivity (Wildman–Crippen MR) is 132 cm³/mol. The molecular weight excluding hydrogens is 390 g/mol. The second-order valence-electron chi connectivity index (χ2n) is 9.38. The van der Waals surface area contributed by atoms with Gasteiger partial charge in [0.05, 0.1) is 6.54 Å². The van der Waals surface area contributed by atoms with Gasteiger partial charge >= 0.3 is 0 Å². The molecule has 1 aromatic heterocycles. The molecule has 5 rings (SSSR count). The zero-order valence-electron chi connectivity index (χ0n) is 19.1. The van der Waals surface area contributed by atoms with Crippen LogP contribution in [0.15, 0.2) is 85.1 Å². The van der Waals surface area contributed by atoms with E-state index in [1.54, 1.807) is 9.80 Å². The zero-order chi connectivity index (χ0) is 21.8. The van der Waals surface area contributed by atoms with Crippen molar-refractivity contribution in [1.82, 2.24) is 4.98 Å². The van der Waals surface area contributed by atoms with Gasteiger partial charge in [-0.15, -0.1) is 0 Å². The number of hydrogen-bond donors (Lipinski definition) is 3. The van der Waals surface area contributed by atoms with E-state index in [0.29, 0.717) is 6.04 Å². The summed E-state index contributed by atoms with van der Waals surface area (Å²) < 4.78 is 0. The Morgan fingerprint density at radius 1 is 0.781 bits per heavy atom. The molecule has 3 N–H and O–H groups in total. The number of aromatic nitrogens is 1. The molecule has 1 aliphatic rings. The third-order valence-electron chi connectivity index (χ3n) is 7.20. The highest BCUT2D eigenvalue weighted by atomic mass is 15.3. The molecule has 164 valence electrons. The van der Waals surface area contributed by atoms with Crippen LogP contribution < -0.4 is 9.80 Å². The molecule has 4 aromatic rings. The standard InChI is InChI=1S/C29H33N3/c1-23-13-15-25(16-14-23)29(24-8-3-2-4-9-24)32-20-18-31(19-21-32)17-7-10-26-22-30-28-12-6-5-11-27(26)28/h2-6,8-9,11-16,22,29-30H,7,10,17-21H2,1H3/p+2/t29-/m1/s1. The maximum Gasteiger partial charge on any atom is 0.139 e. The van der Waals surface area contributed by atoms with Crippen LogP contribution in [0.2, 0.25) is 0 Å². The lowest BCUT2D eigenvalue weighted by Crippen LogP contribution is -3.28. The molecular formula is C29H35N3+2. The van der Waals surface area contributed by atoms with Crippen LogP contribution in [-0.2, 0) is 6.42 Å². The first-order valence-electron chi connectivity index (χ1n) is 12.1. The number of quaternary nitrogens is 2. The van der Waals surface area contributed by atoms with E-state index in [2.05, 4.69) is 97.0 Å². The van der Waals surface area contributed by atoms with E-state index in [1.807, 2.05) is 0 Å². The fourth-order valence-corrected chi connectivity index (χ4v) is 5.40. The smallest absolute Gasteiger partial charge is 0.139 e. The van der Waals surface area contributed by atoms with Gasteiger partial charge in [0.25, 0.3) is 0 Å². The minimum Gasteiger partial charge on any atom is -0.361 e. The van der Waals surface area contributed by atoms with Crippen molar-refractivity contribution in [2.24, 2.45) is 0 Å². The van der Waals surface area contributed by atoms with Crippen molar-refractivity contribution in [3.8, 4) is 0 Å². The highest BCUT2D eigenvalue weighted by Gasteiger charge is 2.31. The highest BCUT2D eigenvalue weighted by Crippen LogP contribution is 2.20. The molecule has 0 spiro atoms. The van der Waals surface area contributed by atoms with Gasteiger partial charge in [0.2, 0.25) is 0 Å². The Kier molecular flexibility index (Phi) is 6.38. The average molecular weight is 426 g/mol. The summed E-state index contributed by atoms with van der Waals surface area (Å²) in [5.74, 6) is 0. The molecule has 32 heavy (non-hydrogen) atoms. The van der Waals surface area contributed by atoms with Crippen LogP contribution in [0.5, 0.6) is 0 Å². The van der Waals surface area contributed by atoms with Crippen LogP contribution in [0.1, 0.15) is 34.7 Å². The summed E-state index contributed by atoms with van der Waals surface area (Å²) in [7, 11) is 0. The number of aromatic amines is 1. The van der Waals surface area contributed by atoms with E-state index in [4.69, 9.17) is 0 Å². The second-order valence-corrected chi connectivity index (χ2v) is 9.38. The Morgan fingerprint density at radius 3 is 2.25 bits per heavy atom. The Labute approximate surface area is 191 Å². The molecule has 1 aliphatic heterocycles. The Morgan fingerprint density at radius 2 is 1.47 bits per heavy atom. The van der Waals surface area contributed by atoms with Gasteiger partial charge in [-0.3, -0.25) is 0 Å². The molecule has 0 saturated carbocycles. The first-order chi connectivity index (χ1) is 15.8. The normalized spacial score (nSPS) is 19.8. The Balaban J connectivity index is 1.20. The van der Waals surface area contributed by atoms with Crippen LogP contribution in [-0.4, -0.2) is 37.7 Å². The lowest BCUT2D eigenvalue weighted by Gasteiger charge is -2.35. The maximum atomic E-state index is 3.42. The monoisotopic (exact) mass is 425 g/mol. The quantitative estimate of drug-likeness (QED) is 0.406. The fourth-order valence-electron chi connectivity index (χ4n) is 5.40. The molecule has 1 atom stereocenters. The number of aryl methyl sites for hydroxylation is 2. The number of benzene rings is 3. The summed E-state index contributed by atoms with van der Waals surface area (Å²) in [6.07, 6.45) is 4.63. The summed E-state index contributed by atoms with van der Waals surface area (Å²) in [6, 6.07) is 29.4. The molecule has 0 unspecified atom stereocenters. The van der Waals surface area contributed by atoms with E-state index in [1.165, 1.54) is 78.7 Å². The van der Waals surface area contributed by atoms with Gasteiger partial charge in [-0.25, -0.2) is 0 Å².